The third-order valence-corrected chi connectivity index (χ3v) is 5.11. The van der Waals surface area contributed by atoms with Gasteiger partial charge in [-0.25, -0.2) is 4.68 Å². The topological polar surface area (TPSA) is 58.7 Å². The number of benzene rings is 3. The van der Waals surface area contributed by atoms with Crippen LogP contribution in [0.25, 0.3) is 0 Å². The van der Waals surface area contributed by atoms with Crippen LogP contribution in [0.15, 0.2) is 108 Å². The molecular weight excluding hydrogens is 372 g/mol. The van der Waals surface area contributed by atoms with Gasteiger partial charge in [-0.1, -0.05) is 72.8 Å². The normalized spacial score (nSPS) is 16.2. The van der Waals surface area contributed by atoms with E-state index in [1.54, 1.807) is 23.5 Å². The molecule has 6 heteroatoms. The van der Waals surface area contributed by atoms with Crippen LogP contribution in [0.4, 0.5) is 5.69 Å². The van der Waals surface area contributed by atoms with E-state index in [9.17, 15) is 0 Å². The SMILES string of the molecule is C(=N\n1cnnc1)/c1ccc(N2N=C(c3ccccc3)CC2c2ccccc2)cc1. The lowest BCUT2D eigenvalue weighted by atomic mass is 9.98. The van der Waals surface area contributed by atoms with Gasteiger partial charge in [-0.05, 0) is 28.8 Å². The minimum Gasteiger partial charge on any atom is -0.257 e. The lowest BCUT2D eigenvalue weighted by Crippen LogP contribution is -2.18. The predicted octanol–water partition coefficient (Wildman–Crippen LogP) is 4.52. The molecule has 1 aromatic heterocycles. The Morgan fingerprint density at radius 2 is 1.47 bits per heavy atom. The molecule has 4 aromatic rings. The van der Waals surface area contributed by atoms with Gasteiger partial charge in [0.2, 0.25) is 0 Å². The predicted molar refractivity (Wildman–Crippen MR) is 119 cm³/mol. The summed E-state index contributed by atoms with van der Waals surface area (Å²) in [6.07, 6.45) is 5.76. The molecule has 0 saturated heterocycles. The molecule has 0 N–H and O–H groups in total. The number of rotatable bonds is 5. The van der Waals surface area contributed by atoms with Crippen molar-refractivity contribution in [1.29, 1.82) is 0 Å². The molecule has 146 valence electrons. The standard InChI is InChI=1S/C24H20N6/c1-3-7-20(8-4-1)23-15-24(21-9-5-2-6-10-21)30(28-23)22-13-11-19(12-14-22)16-27-29-17-25-26-18-29/h1-14,16-18,24H,15H2/b27-16+. The Kier molecular flexibility index (Phi) is 4.88. The highest BCUT2D eigenvalue weighted by Crippen LogP contribution is 2.36. The van der Waals surface area contributed by atoms with E-state index in [0.29, 0.717) is 0 Å². The zero-order chi connectivity index (χ0) is 20.2. The Morgan fingerprint density at radius 3 is 2.17 bits per heavy atom. The van der Waals surface area contributed by atoms with E-state index in [4.69, 9.17) is 5.10 Å². The number of nitrogens with zero attached hydrogens (tertiary/aromatic N) is 6. The number of hydrogen-bond donors (Lipinski definition) is 0. The molecule has 1 atom stereocenters. The highest BCUT2D eigenvalue weighted by Gasteiger charge is 2.29. The van der Waals surface area contributed by atoms with Gasteiger partial charge in [-0.15, -0.1) is 10.2 Å². The molecule has 0 fully saturated rings. The average Bonchev–Trinajstić information content (AvgIpc) is 3.50. The monoisotopic (exact) mass is 392 g/mol. The first kappa shape index (κ1) is 18.0. The van der Waals surface area contributed by atoms with Crippen LogP contribution in [-0.2, 0) is 0 Å². The van der Waals surface area contributed by atoms with Gasteiger partial charge >= 0.3 is 0 Å². The summed E-state index contributed by atoms with van der Waals surface area (Å²) >= 11 is 0. The van der Waals surface area contributed by atoms with Gasteiger partial charge in [0.15, 0.2) is 0 Å². The van der Waals surface area contributed by atoms with Gasteiger partial charge in [-0.2, -0.15) is 10.2 Å². The first-order valence-corrected chi connectivity index (χ1v) is 9.83. The first-order valence-electron chi connectivity index (χ1n) is 9.83. The molecule has 3 aromatic carbocycles. The average molecular weight is 392 g/mol. The molecule has 0 amide bonds. The lowest BCUT2D eigenvalue weighted by molar-refractivity contribution is 0.709. The lowest BCUT2D eigenvalue weighted by Gasteiger charge is -2.24. The number of hydrazone groups is 1. The second kappa shape index (κ2) is 8.13. The molecule has 30 heavy (non-hydrogen) atoms. The van der Waals surface area contributed by atoms with Gasteiger partial charge in [0.1, 0.15) is 12.7 Å². The summed E-state index contributed by atoms with van der Waals surface area (Å²) in [6, 6.07) is 29.4. The molecule has 0 spiro atoms. The molecule has 5 rings (SSSR count). The van der Waals surface area contributed by atoms with Crippen LogP contribution >= 0.6 is 0 Å². The fourth-order valence-electron chi connectivity index (χ4n) is 3.59. The van der Waals surface area contributed by atoms with Crippen LogP contribution in [0, 0.1) is 0 Å². The second-order valence-corrected chi connectivity index (χ2v) is 7.07. The summed E-state index contributed by atoms with van der Waals surface area (Å²) in [5, 5.41) is 18.9. The summed E-state index contributed by atoms with van der Waals surface area (Å²) in [5.74, 6) is 0. The maximum absolute atomic E-state index is 5.00. The quantitative estimate of drug-likeness (QED) is 0.469. The van der Waals surface area contributed by atoms with E-state index in [1.807, 2.05) is 24.3 Å². The second-order valence-electron chi connectivity index (χ2n) is 7.07. The number of aromatic nitrogens is 3. The molecule has 0 bridgehead atoms. The summed E-state index contributed by atoms with van der Waals surface area (Å²) in [7, 11) is 0. The minimum atomic E-state index is 0.165. The van der Waals surface area contributed by atoms with E-state index in [2.05, 4.69) is 81.0 Å². The fourth-order valence-corrected chi connectivity index (χ4v) is 3.59. The van der Waals surface area contributed by atoms with Crippen molar-refractivity contribution < 1.29 is 0 Å². The zero-order valence-corrected chi connectivity index (χ0v) is 16.3. The zero-order valence-electron chi connectivity index (χ0n) is 16.3. The largest absolute Gasteiger partial charge is 0.257 e. The van der Waals surface area contributed by atoms with Crippen LogP contribution < -0.4 is 5.01 Å². The van der Waals surface area contributed by atoms with Crippen LogP contribution in [-0.4, -0.2) is 26.8 Å². The smallest absolute Gasteiger partial charge is 0.141 e. The van der Waals surface area contributed by atoms with E-state index in [-0.39, 0.29) is 6.04 Å². The minimum absolute atomic E-state index is 0.165. The van der Waals surface area contributed by atoms with Crippen molar-refractivity contribution in [1.82, 2.24) is 14.9 Å². The van der Waals surface area contributed by atoms with E-state index >= 15 is 0 Å². The summed E-state index contributed by atoms with van der Waals surface area (Å²) < 4.78 is 1.57. The maximum atomic E-state index is 5.00. The van der Waals surface area contributed by atoms with Crippen molar-refractivity contribution >= 4 is 17.6 Å². The van der Waals surface area contributed by atoms with Gasteiger partial charge < -0.3 is 0 Å². The van der Waals surface area contributed by atoms with E-state index in [1.165, 1.54) is 11.1 Å². The molecule has 2 heterocycles. The summed E-state index contributed by atoms with van der Waals surface area (Å²) in [4.78, 5) is 0. The van der Waals surface area contributed by atoms with Gasteiger partial charge in [0, 0.05) is 6.42 Å². The van der Waals surface area contributed by atoms with Crippen molar-refractivity contribution in [2.24, 2.45) is 10.2 Å². The fraction of sp³-hybridized carbons (Fsp3) is 0.0833. The molecular formula is C24H20N6. The highest BCUT2D eigenvalue weighted by atomic mass is 15.5. The van der Waals surface area contributed by atoms with E-state index in [0.717, 1.165) is 23.4 Å². The van der Waals surface area contributed by atoms with Crippen molar-refractivity contribution in [3.8, 4) is 0 Å². The van der Waals surface area contributed by atoms with Crippen molar-refractivity contribution in [2.45, 2.75) is 12.5 Å². The Bertz CT molecular complexity index is 1150. The Morgan fingerprint density at radius 1 is 0.800 bits per heavy atom. The summed E-state index contributed by atoms with van der Waals surface area (Å²) in [5.41, 5.74) is 5.57. The van der Waals surface area contributed by atoms with Crippen LogP contribution in [0.3, 0.4) is 0 Å². The van der Waals surface area contributed by atoms with Crippen molar-refractivity contribution in [3.63, 3.8) is 0 Å². The van der Waals surface area contributed by atoms with Crippen LogP contribution in [0.2, 0.25) is 0 Å². The molecule has 0 saturated carbocycles. The van der Waals surface area contributed by atoms with Gasteiger partial charge in [-0.3, -0.25) is 5.01 Å². The molecule has 6 nitrogen and oxygen atoms in total. The summed E-state index contributed by atoms with van der Waals surface area (Å²) in [6.45, 7) is 0. The molecule has 0 aliphatic carbocycles. The molecule has 1 aliphatic rings. The Hall–Kier alpha value is -4.06. The van der Waals surface area contributed by atoms with Crippen molar-refractivity contribution in [2.75, 3.05) is 5.01 Å². The highest BCUT2D eigenvalue weighted by molar-refractivity contribution is 6.03. The van der Waals surface area contributed by atoms with Gasteiger partial charge in [0.25, 0.3) is 0 Å². The van der Waals surface area contributed by atoms with Crippen molar-refractivity contribution in [3.05, 3.63) is 114 Å². The molecule has 1 unspecified atom stereocenters. The third-order valence-electron chi connectivity index (χ3n) is 5.11. The van der Waals surface area contributed by atoms with Crippen LogP contribution in [0.1, 0.15) is 29.2 Å². The maximum Gasteiger partial charge on any atom is 0.141 e. The third kappa shape index (κ3) is 3.75. The van der Waals surface area contributed by atoms with E-state index < -0.39 is 0 Å². The number of anilines is 1. The molecule has 1 aliphatic heterocycles. The van der Waals surface area contributed by atoms with Crippen LogP contribution in [0.5, 0.6) is 0 Å². The first-order chi connectivity index (χ1) is 14.9. The molecule has 0 radical (unpaired) electrons. The van der Waals surface area contributed by atoms with Gasteiger partial charge in [0.05, 0.1) is 23.7 Å². The Labute approximate surface area is 174 Å². The Balaban J connectivity index is 1.45. The number of hydrogen-bond acceptors (Lipinski definition) is 5.